The molecule has 2 aliphatic rings. The number of hydrogen-bond acceptors (Lipinski definition) is 4. The molecule has 1 amide bonds. The van der Waals surface area contributed by atoms with Gasteiger partial charge in [0.15, 0.2) is 0 Å². The molecule has 0 aliphatic carbocycles. The second kappa shape index (κ2) is 8.62. The van der Waals surface area contributed by atoms with Gasteiger partial charge >= 0.3 is 0 Å². The number of benzene rings is 2. The summed E-state index contributed by atoms with van der Waals surface area (Å²) in [6, 6.07) is 21.1. The molecule has 4 nitrogen and oxygen atoms in total. The highest BCUT2D eigenvalue weighted by molar-refractivity contribution is 7.10. The molecular formula is C25H27N3OS. The first-order chi connectivity index (χ1) is 14.8. The van der Waals surface area contributed by atoms with Crippen LogP contribution in [0.25, 0.3) is 0 Å². The first kappa shape index (κ1) is 19.3. The summed E-state index contributed by atoms with van der Waals surface area (Å²) in [6.07, 6.45) is 3.45. The minimum atomic E-state index is 0.0567. The van der Waals surface area contributed by atoms with Crippen LogP contribution in [0.5, 0.6) is 0 Å². The average molecular weight is 418 g/mol. The van der Waals surface area contributed by atoms with Crippen LogP contribution in [0.2, 0.25) is 0 Å². The van der Waals surface area contributed by atoms with Crippen LogP contribution in [0.1, 0.15) is 34.9 Å². The van der Waals surface area contributed by atoms with Gasteiger partial charge in [0.1, 0.15) is 0 Å². The normalized spacial score (nSPS) is 18.9. The Morgan fingerprint density at radius 3 is 2.57 bits per heavy atom. The minimum absolute atomic E-state index is 0.0567. The molecule has 0 unspecified atom stereocenters. The fourth-order valence-corrected chi connectivity index (χ4v) is 5.66. The summed E-state index contributed by atoms with van der Waals surface area (Å²) in [4.78, 5) is 19.2. The van der Waals surface area contributed by atoms with Crippen LogP contribution < -0.4 is 10.2 Å². The van der Waals surface area contributed by atoms with Gasteiger partial charge in [-0.3, -0.25) is 9.69 Å². The molecule has 154 valence electrons. The predicted molar refractivity (Wildman–Crippen MR) is 124 cm³/mol. The molecular weight excluding hydrogens is 390 g/mol. The lowest BCUT2D eigenvalue weighted by atomic mass is 9.93. The van der Waals surface area contributed by atoms with E-state index in [1.165, 1.54) is 28.8 Å². The van der Waals surface area contributed by atoms with Crippen LogP contribution >= 0.6 is 11.3 Å². The Balaban J connectivity index is 1.36. The largest absolute Gasteiger partial charge is 0.370 e. The Bertz CT molecular complexity index is 1010. The molecule has 0 bridgehead atoms. The van der Waals surface area contributed by atoms with E-state index in [0.717, 1.165) is 37.4 Å². The fraction of sp³-hybridized carbons (Fsp3) is 0.320. The van der Waals surface area contributed by atoms with E-state index in [2.05, 4.69) is 63.0 Å². The van der Waals surface area contributed by atoms with Crippen molar-refractivity contribution in [3.63, 3.8) is 0 Å². The van der Waals surface area contributed by atoms with Crippen molar-refractivity contribution < 1.29 is 4.79 Å². The Morgan fingerprint density at radius 1 is 0.967 bits per heavy atom. The monoisotopic (exact) mass is 417 g/mol. The van der Waals surface area contributed by atoms with Gasteiger partial charge in [-0.1, -0.05) is 42.5 Å². The van der Waals surface area contributed by atoms with Crippen LogP contribution in [-0.2, 0) is 11.2 Å². The average Bonchev–Trinajstić information content (AvgIpc) is 3.47. The summed E-state index contributed by atoms with van der Waals surface area (Å²) < 4.78 is 0. The van der Waals surface area contributed by atoms with Crippen molar-refractivity contribution in [2.45, 2.75) is 25.3 Å². The van der Waals surface area contributed by atoms with E-state index >= 15 is 0 Å². The van der Waals surface area contributed by atoms with Crippen LogP contribution in [0, 0.1) is 0 Å². The summed E-state index contributed by atoms with van der Waals surface area (Å²) in [5.74, 6) is 0.0567. The van der Waals surface area contributed by atoms with Crippen molar-refractivity contribution in [2.75, 3.05) is 36.4 Å². The van der Waals surface area contributed by atoms with Crippen LogP contribution in [-0.4, -0.2) is 37.0 Å². The molecule has 2 aromatic carbocycles. The van der Waals surface area contributed by atoms with E-state index in [1.54, 1.807) is 0 Å². The smallest absolute Gasteiger partial charge is 0.238 e. The zero-order valence-electron chi connectivity index (χ0n) is 17.1. The number of anilines is 2. The Morgan fingerprint density at radius 2 is 1.73 bits per heavy atom. The lowest BCUT2D eigenvalue weighted by Gasteiger charge is -2.35. The van der Waals surface area contributed by atoms with E-state index in [0.29, 0.717) is 6.54 Å². The molecule has 1 saturated heterocycles. The summed E-state index contributed by atoms with van der Waals surface area (Å²) in [5.41, 5.74) is 4.67. The molecule has 2 aliphatic heterocycles. The van der Waals surface area contributed by atoms with Crippen molar-refractivity contribution in [2.24, 2.45) is 0 Å². The lowest BCUT2D eigenvalue weighted by molar-refractivity contribution is -0.117. The fourth-order valence-electron chi connectivity index (χ4n) is 4.75. The van der Waals surface area contributed by atoms with E-state index in [9.17, 15) is 4.79 Å². The number of carbonyl (C=O) groups is 1. The summed E-state index contributed by atoms with van der Waals surface area (Å²) >= 11 is 1.83. The summed E-state index contributed by atoms with van der Waals surface area (Å²) in [6.45, 7) is 3.42. The van der Waals surface area contributed by atoms with Crippen LogP contribution in [0.4, 0.5) is 11.4 Å². The van der Waals surface area contributed by atoms with Crippen molar-refractivity contribution in [1.29, 1.82) is 0 Å². The number of para-hydroxylation sites is 2. The highest BCUT2D eigenvalue weighted by Crippen LogP contribution is 2.37. The number of carbonyl (C=O) groups excluding carboxylic acids is 1. The number of thiophene rings is 1. The summed E-state index contributed by atoms with van der Waals surface area (Å²) in [7, 11) is 0. The SMILES string of the molecule is O=C(CN1CCc2sccc2[C@H]1c1ccccc1)Nc1ccccc1N1CCCC1. The Hall–Kier alpha value is -2.63. The molecule has 3 aromatic rings. The van der Waals surface area contributed by atoms with Gasteiger partial charge in [-0.15, -0.1) is 11.3 Å². The van der Waals surface area contributed by atoms with Crippen molar-refractivity contribution in [3.05, 3.63) is 82.0 Å². The number of amides is 1. The van der Waals surface area contributed by atoms with Gasteiger partial charge in [0, 0.05) is 24.5 Å². The number of rotatable bonds is 5. The molecule has 0 radical (unpaired) electrons. The first-order valence-electron chi connectivity index (χ1n) is 10.8. The van der Waals surface area contributed by atoms with E-state index < -0.39 is 0 Å². The molecule has 3 heterocycles. The molecule has 1 atom stereocenters. The second-order valence-electron chi connectivity index (χ2n) is 8.09. The topological polar surface area (TPSA) is 35.6 Å². The third-order valence-corrected chi connectivity index (χ3v) is 7.15. The quantitative estimate of drug-likeness (QED) is 0.639. The maximum Gasteiger partial charge on any atom is 0.238 e. The third kappa shape index (κ3) is 3.87. The second-order valence-corrected chi connectivity index (χ2v) is 9.09. The summed E-state index contributed by atoms with van der Waals surface area (Å²) in [5, 5.41) is 5.38. The first-order valence-corrected chi connectivity index (χ1v) is 11.7. The van der Waals surface area contributed by atoms with Gasteiger partial charge in [-0.25, -0.2) is 0 Å². The molecule has 5 rings (SSSR count). The molecule has 5 heteroatoms. The van der Waals surface area contributed by atoms with Gasteiger partial charge in [-0.2, -0.15) is 0 Å². The van der Waals surface area contributed by atoms with Gasteiger partial charge in [-0.05, 0) is 54.0 Å². The Labute approximate surface area is 182 Å². The number of fused-ring (bicyclic) bond motifs is 1. The highest BCUT2D eigenvalue weighted by atomic mass is 32.1. The molecule has 1 N–H and O–H groups in total. The predicted octanol–water partition coefficient (Wildman–Crippen LogP) is 4.93. The lowest BCUT2D eigenvalue weighted by Crippen LogP contribution is -2.40. The zero-order valence-corrected chi connectivity index (χ0v) is 17.9. The maximum atomic E-state index is 13.1. The van der Waals surface area contributed by atoms with E-state index in [1.807, 2.05) is 29.5 Å². The molecule has 30 heavy (non-hydrogen) atoms. The standard InChI is InChI=1S/C25H27N3OS/c29-24(26-21-10-4-5-11-22(21)27-14-6-7-15-27)18-28-16-12-23-20(13-17-30-23)25(28)19-8-2-1-3-9-19/h1-5,8-11,13,17,25H,6-7,12,14-16,18H2,(H,26,29)/t25-/m1/s1. The maximum absolute atomic E-state index is 13.1. The van der Waals surface area contributed by atoms with Crippen LogP contribution in [0.15, 0.2) is 66.0 Å². The van der Waals surface area contributed by atoms with Gasteiger partial charge in [0.05, 0.1) is 24.0 Å². The minimum Gasteiger partial charge on any atom is -0.370 e. The van der Waals surface area contributed by atoms with E-state index in [4.69, 9.17) is 0 Å². The Kier molecular flexibility index (Phi) is 5.56. The van der Waals surface area contributed by atoms with Gasteiger partial charge in [0.2, 0.25) is 5.91 Å². The van der Waals surface area contributed by atoms with Crippen molar-refractivity contribution in [3.8, 4) is 0 Å². The van der Waals surface area contributed by atoms with Gasteiger partial charge in [0.25, 0.3) is 0 Å². The van der Waals surface area contributed by atoms with E-state index in [-0.39, 0.29) is 11.9 Å². The number of hydrogen-bond donors (Lipinski definition) is 1. The van der Waals surface area contributed by atoms with Crippen molar-refractivity contribution in [1.82, 2.24) is 4.90 Å². The van der Waals surface area contributed by atoms with Crippen molar-refractivity contribution >= 4 is 28.6 Å². The third-order valence-electron chi connectivity index (χ3n) is 6.15. The molecule has 1 fully saturated rings. The highest BCUT2D eigenvalue weighted by Gasteiger charge is 2.31. The van der Waals surface area contributed by atoms with Crippen LogP contribution in [0.3, 0.4) is 0 Å². The number of nitrogens with zero attached hydrogens (tertiary/aromatic N) is 2. The molecule has 0 spiro atoms. The number of nitrogens with one attached hydrogen (secondary N) is 1. The molecule has 0 saturated carbocycles. The zero-order chi connectivity index (χ0) is 20.3. The molecule has 1 aromatic heterocycles. The van der Waals surface area contributed by atoms with Gasteiger partial charge < -0.3 is 10.2 Å².